The molecule has 2 aromatic heterocycles. The number of hydrogen-bond acceptors (Lipinski definition) is 6. The summed E-state index contributed by atoms with van der Waals surface area (Å²) in [5.74, 6) is 1.74. The highest BCUT2D eigenvalue weighted by molar-refractivity contribution is 5.59. The number of ether oxygens (including phenoxy) is 1. The molecule has 0 bridgehead atoms. The molecule has 0 saturated heterocycles. The first-order chi connectivity index (χ1) is 10.7. The van der Waals surface area contributed by atoms with Crippen LogP contribution in [0.1, 0.15) is 11.5 Å². The van der Waals surface area contributed by atoms with Gasteiger partial charge in [-0.15, -0.1) is 0 Å². The first-order valence-corrected chi connectivity index (χ1v) is 6.88. The van der Waals surface area contributed by atoms with E-state index in [9.17, 15) is 4.79 Å². The second-order valence-corrected chi connectivity index (χ2v) is 5.11. The molecule has 3 heterocycles. The van der Waals surface area contributed by atoms with E-state index in [0.29, 0.717) is 18.3 Å². The third-order valence-corrected chi connectivity index (χ3v) is 3.59. The lowest BCUT2D eigenvalue weighted by atomic mass is 10.1. The molecular formula is C14H13N5O3. The molecule has 4 rings (SSSR count). The highest BCUT2D eigenvalue weighted by Crippen LogP contribution is 2.29. The van der Waals surface area contributed by atoms with Crippen molar-refractivity contribution in [2.24, 2.45) is 7.05 Å². The van der Waals surface area contributed by atoms with E-state index in [4.69, 9.17) is 9.26 Å². The standard InChI is InChI=1S/C14H13N5O3/c1-18-8-15-19(14(18)20)7-12-16-13(17-22-12)10-2-3-11-9(6-10)4-5-21-11/h2-3,6,8H,4-5,7H2,1H3. The van der Waals surface area contributed by atoms with Crippen molar-refractivity contribution in [1.82, 2.24) is 24.5 Å². The van der Waals surface area contributed by atoms with Gasteiger partial charge < -0.3 is 9.26 Å². The minimum absolute atomic E-state index is 0.153. The van der Waals surface area contributed by atoms with Crippen molar-refractivity contribution in [3.63, 3.8) is 0 Å². The van der Waals surface area contributed by atoms with E-state index in [0.717, 1.165) is 23.3 Å². The molecular weight excluding hydrogens is 286 g/mol. The zero-order valence-corrected chi connectivity index (χ0v) is 11.9. The normalized spacial score (nSPS) is 13.1. The van der Waals surface area contributed by atoms with Crippen molar-refractivity contribution < 1.29 is 9.26 Å². The Kier molecular flexibility index (Phi) is 2.81. The number of aromatic nitrogens is 5. The number of hydrogen-bond donors (Lipinski definition) is 0. The molecule has 8 nitrogen and oxygen atoms in total. The van der Waals surface area contributed by atoms with Crippen molar-refractivity contribution in [3.05, 3.63) is 46.5 Å². The number of fused-ring (bicyclic) bond motifs is 1. The summed E-state index contributed by atoms with van der Waals surface area (Å²) < 4.78 is 13.3. The molecule has 8 heteroatoms. The van der Waals surface area contributed by atoms with Gasteiger partial charge in [0, 0.05) is 19.0 Å². The second-order valence-electron chi connectivity index (χ2n) is 5.11. The number of nitrogens with zero attached hydrogens (tertiary/aromatic N) is 5. The summed E-state index contributed by atoms with van der Waals surface area (Å²) in [4.78, 5) is 16.1. The third-order valence-electron chi connectivity index (χ3n) is 3.59. The van der Waals surface area contributed by atoms with Crippen LogP contribution in [0.15, 0.2) is 33.8 Å². The lowest BCUT2D eigenvalue weighted by molar-refractivity contribution is 0.357. The van der Waals surface area contributed by atoms with Crippen LogP contribution >= 0.6 is 0 Å². The van der Waals surface area contributed by atoms with Crippen LogP contribution in [0.4, 0.5) is 0 Å². The summed E-state index contributed by atoms with van der Waals surface area (Å²) in [5.41, 5.74) is 1.78. The Labute approximate surface area is 124 Å². The second kappa shape index (κ2) is 4.83. The maximum absolute atomic E-state index is 11.7. The van der Waals surface area contributed by atoms with Gasteiger partial charge in [-0.2, -0.15) is 10.1 Å². The van der Waals surface area contributed by atoms with E-state index in [1.54, 1.807) is 7.05 Å². The van der Waals surface area contributed by atoms with Crippen LogP contribution in [-0.4, -0.2) is 31.1 Å². The zero-order chi connectivity index (χ0) is 15.1. The molecule has 0 spiro atoms. The highest BCUT2D eigenvalue weighted by Gasteiger charge is 2.16. The SMILES string of the molecule is Cn1cnn(Cc2nc(-c3ccc4c(c3)CCO4)no2)c1=O. The molecule has 3 aromatic rings. The van der Waals surface area contributed by atoms with Gasteiger partial charge in [-0.3, -0.25) is 4.57 Å². The van der Waals surface area contributed by atoms with Gasteiger partial charge in [0.2, 0.25) is 11.7 Å². The number of rotatable bonds is 3. The van der Waals surface area contributed by atoms with E-state index in [2.05, 4.69) is 15.2 Å². The minimum Gasteiger partial charge on any atom is -0.493 e. The maximum atomic E-state index is 11.7. The van der Waals surface area contributed by atoms with Crippen LogP contribution < -0.4 is 10.4 Å². The molecule has 0 radical (unpaired) electrons. The largest absolute Gasteiger partial charge is 0.493 e. The van der Waals surface area contributed by atoms with Crippen molar-refractivity contribution >= 4 is 0 Å². The minimum atomic E-state index is -0.227. The predicted molar refractivity (Wildman–Crippen MR) is 75.5 cm³/mol. The van der Waals surface area contributed by atoms with Crippen LogP contribution in [0, 0.1) is 0 Å². The van der Waals surface area contributed by atoms with E-state index in [-0.39, 0.29) is 12.2 Å². The molecule has 0 unspecified atom stereocenters. The average molecular weight is 299 g/mol. The topological polar surface area (TPSA) is 88.0 Å². The predicted octanol–water partition coefficient (Wildman–Crippen LogP) is 0.615. The molecule has 1 aliphatic heterocycles. The molecule has 0 N–H and O–H groups in total. The summed E-state index contributed by atoms with van der Waals surface area (Å²) in [7, 11) is 1.64. The quantitative estimate of drug-likeness (QED) is 0.704. The zero-order valence-electron chi connectivity index (χ0n) is 11.9. The summed E-state index contributed by atoms with van der Waals surface area (Å²) in [5, 5.41) is 7.93. The van der Waals surface area contributed by atoms with Gasteiger partial charge >= 0.3 is 5.69 Å². The van der Waals surface area contributed by atoms with Crippen LogP contribution in [0.3, 0.4) is 0 Å². The Bertz CT molecular complexity index is 892. The first kappa shape index (κ1) is 12.8. The van der Waals surface area contributed by atoms with E-state index in [1.807, 2.05) is 18.2 Å². The van der Waals surface area contributed by atoms with Crippen molar-refractivity contribution in [2.75, 3.05) is 6.61 Å². The monoisotopic (exact) mass is 299 g/mol. The van der Waals surface area contributed by atoms with E-state index >= 15 is 0 Å². The smallest absolute Gasteiger partial charge is 0.345 e. The van der Waals surface area contributed by atoms with Gasteiger partial charge in [-0.05, 0) is 23.8 Å². The Hall–Kier alpha value is -2.90. The van der Waals surface area contributed by atoms with Crippen molar-refractivity contribution in [1.29, 1.82) is 0 Å². The first-order valence-electron chi connectivity index (χ1n) is 6.88. The Balaban J connectivity index is 1.61. The molecule has 1 aliphatic rings. The van der Waals surface area contributed by atoms with Crippen LogP contribution in [0.2, 0.25) is 0 Å². The lowest BCUT2D eigenvalue weighted by Crippen LogP contribution is -2.23. The molecule has 112 valence electrons. The van der Waals surface area contributed by atoms with Crippen LogP contribution in [-0.2, 0) is 20.0 Å². The molecule has 0 saturated carbocycles. The lowest BCUT2D eigenvalue weighted by Gasteiger charge is -1.99. The number of aryl methyl sites for hydroxylation is 1. The fourth-order valence-corrected chi connectivity index (χ4v) is 2.42. The number of benzene rings is 1. The van der Waals surface area contributed by atoms with Gasteiger partial charge in [0.05, 0.1) is 6.61 Å². The third kappa shape index (κ3) is 2.09. The Morgan fingerprint density at radius 2 is 2.27 bits per heavy atom. The fourth-order valence-electron chi connectivity index (χ4n) is 2.42. The summed E-state index contributed by atoms with van der Waals surface area (Å²) in [6.45, 7) is 0.861. The maximum Gasteiger partial charge on any atom is 0.345 e. The van der Waals surface area contributed by atoms with Crippen LogP contribution in [0.25, 0.3) is 11.4 Å². The van der Waals surface area contributed by atoms with Crippen molar-refractivity contribution in [3.8, 4) is 17.1 Å². The molecule has 0 amide bonds. The molecule has 0 aliphatic carbocycles. The molecule has 22 heavy (non-hydrogen) atoms. The van der Waals surface area contributed by atoms with Gasteiger partial charge in [0.25, 0.3) is 0 Å². The van der Waals surface area contributed by atoms with E-state index < -0.39 is 0 Å². The van der Waals surface area contributed by atoms with Crippen molar-refractivity contribution in [2.45, 2.75) is 13.0 Å². The Morgan fingerprint density at radius 1 is 1.36 bits per heavy atom. The van der Waals surface area contributed by atoms with E-state index in [1.165, 1.54) is 15.6 Å². The Morgan fingerprint density at radius 3 is 3.09 bits per heavy atom. The average Bonchev–Trinajstić information content (AvgIpc) is 3.23. The summed E-state index contributed by atoms with van der Waals surface area (Å²) in [6.07, 6.45) is 2.33. The highest BCUT2D eigenvalue weighted by atomic mass is 16.5. The summed E-state index contributed by atoms with van der Waals surface area (Å²) >= 11 is 0. The molecule has 1 aromatic carbocycles. The van der Waals surface area contributed by atoms with Crippen LogP contribution in [0.5, 0.6) is 5.75 Å². The molecule has 0 atom stereocenters. The molecule has 0 fully saturated rings. The summed E-state index contributed by atoms with van der Waals surface area (Å²) in [6, 6.07) is 5.81. The van der Waals surface area contributed by atoms with Gasteiger partial charge in [0.1, 0.15) is 18.6 Å². The fraction of sp³-hybridized carbons (Fsp3) is 0.286. The van der Waals surface area contributed by atoms with Gasteiger partial charge in [0.15, 0.2) is 0 Å². The van der Waals surface area contributed by atoms with Gasteiger partial charge in [-0.25, -0.2) is 9.48 Å². The van der Waals surface area contributed by atoms with Gasteiger partial charge in [-0.1, -0.05) is 5.16 Å².